The minimum atomic E-state index is -0.272. The topological polar surface area (TPSA) is 26.3 Å². The molecule has 14 heavy (non-hydrogen) atoms. The van der Waals surface area contributed by atoms with Gasteiger partial charge in [0.15, 0.2) is 0 Å². The second kappa shape index (κ2) is 3.29. The number of carbonyl (C=O) groups is 1. The van der Waals surface area contributed by atoms with Crippen molar-refractivity contribution in [2.45, 2.75) is 13.0 Å². The van der Waals surface area contributed by atoms with Crippen LogP contribution in [-0.4, -0.2) is 5.97 Å². The lowest BCUT2D eigenvalue weighted by Crippen LogP contribution is -2.03. The highest BCUT2D eigenvalue weighted by Crippen LogP contribution is 2.37. The number of rotatable bonds is 1. The van der Waals surface area contributed by atoms with Gasteiger partial charge in [-0.25, -0.2) is 4.79 Å². The van der Waals surface area contributed by atoms with E-state index in [0.29, 0.717) is 5.57 Å². The fourth-order valence-corrected chi connectivity index (χ4v) is 1.66. The molecule has 2 rings (SSSR count). The molecule has 1 aromatic carbocycles. The molecule has 72 valence electrons. The molecule has 0 bridgehead atoms. The smallest absolute Gasteiger partial charge is 0.334 e. The van der Waals surface area contributed by atoms with E-state index in [1.54, 1.807) is 0 Å². The molecular weight excluding hydrogens is 176 g/mol. The zero-order valence-corrected chi connectivity index (χ0v) is 8.07. The predicted molar refractivity (Wildman–Crippen MR) is 53.6 cm³/mol. The number of ether oxygens (including phenoxy) is 1. The largest absolute Gasteiger partial charge is 0.453 e. The van der Waals surface area contributed by atoms with E-state index in [2.05, 4.69) is 6.58 Å². The van der Waals surface area contributed by atoms with Crippen LogP contribution in [0.25, 0.3) is 0 Å². The van der Waals surface area contributed by atoms with Crippen LogP contribution < -0.4 is 0 Å². The Labute approximate surface area is 83.2 Å². The molecule has 0 aromatic heterocycles. The predicted octanol–water partition coefficient (Wildman–Crippen LogP) is 2.48. The summed E-state index contributed by atoms with van der Waals surface area (Å²) < 4.78 is 5.23. The van der Waals surface area contributed by atoms with Crippen molar-refractivity contribution >= 4 is 5.97 Å². The van der Waals surface area contributed by atoms with Crippen molar-refractivity contribution in [3.63, 3.8) is 0 Å². The summed E-state index contributed by atoms with van der Waals surface area (Å²) in [4.78, 5) is 11.2. The van der Waals surface area contributed by atoms with Crippen LogP contribution in [0, 0.1) is 5.92 Å². The summed E-state index contributed by atoms with van der Waals surface area (Å²) in [6, 6.07) is 9.76. The molecule has 2 heteroatoms. The fourth-order valence-electron chi connectivity index (χ4n) is 1.66. The lowest BCUT2D eigenvalue weighted by Gasteiger charge is -2.13. The maximum atomic E-state index is 11.2. The Balaban J connectivity index is 2.30. The lowest BCUT2D eigenvalue weighted by atomic mass is 9.94. The van der Waals surface area contributed by atoms with Gasteiger partial charge in [-0.2, -0.15) is 0 Å². The summed E-state index contributed by atoms with van der Waals surface area (Å²) in [5, 5.41) is 0. The molecule has 0 aliphatic carbocycles. The quantitative estimate of drug-likeness (QED) is 0.500. The monoisotopic (exact) mass is 188 g/mol. The summed E-state index contributed by atoms with van der Waals surface area (Å²) in [6.45, 7) is 5.68. The van der Waals surface area contributed by atoms with Crippen molar-refractivity contribution < 1.29 is 9.53 Å². The summed E-state index contributed by atoms with van der Waals surface area (Å²) in [7, 11) is 0. The molecule has 1 aliphatic rings. The normalized spacial score (nSPS) is 26.4. The lowest BCUT2D eigenvalue weighted by molar-refractivity contribution is -0.139. The fraction of sp³-hybridized carbons (Fsp3) is 0.250. The SMILES string of the molecule is C=C1C(=O)OC(c2ccccc2)C1C. The van der Waals surface area contributed by atoms with Crippen LogP contribution in [0.4, 0.5) is 0 Å². The average molecular weight is 188 g/mol. The first kappa shape index (κ1) is 9.00. The Morgan fingerprint density at radius 3 is 2.43 bits per heavy atom. The zero-order valence-electron chi connectivity index (χ0n) is 8.07. The Kier molecular flexibility index (Phi) is 2.12. The van der Waals surface area contributed by atoms with Crippen molar-refractivity contribution in [3.05, 3.63) is 48.0 Å². The van der Waals surface area contributed by atoms with E-state index < -0.39 is 0 Å². The highest BCUT2D eigenvalue weighted by molar-refractivity contribution is 5.90. The van der Waals surface area contributed by atoms with Crippen LogP contribution in [0.3, 0.4) is 0 Å². The van der Waals surface area contributed by atoms with Crippen LogP contribution in [-0.2, 0) is 9.53 Å². The molecule has 0 radical (unpaired) electrons. The van der Waals surface area contributed by atoms with Gasteiger partial charge in [-0.1, -0.05) is 43.8 Å². The van der Waals surface area contributed by atoms with Crippen LogP contribution >= 0.6 is 0 Å². The van der Waals surface area contributed by atoms with Crippen molar-refractivity contribution in [1.82, 2.24) is 0 Å². The van der Waals surface area contributed by atoms with Gasteiger partial charge in [-0.05, 0) is 5.56 Å². The number of benzene rings is 1. The summed E-state index contributed by atoms with van der Waals surface area (Å²) in [6.07, 6.45) is -0.156. The molecule has 2 nitrogen and oxygen atoms in total. The van der Waals surface area contributed by atoms with Crippen molar-refractivity contribution in [1.29, 1.82) is 0 Å². The number of cyclic esters (lactones) is 1. The van der Waals surface area contributed by atoms with Crippen LogP contribution in [0.15, 0.2) is 42.5 Å². The third-order valence-electron chi connectivity index (χ3n) is 2.63. The molecule has 1 aliphatic heterocycles. The van der Waals surface area contributed by atoms with Gasteiger partial charge < -0.3 is 4.74 Å². The van der Waals surface area contributed by atoms with Gasteiger partial charge in [0.25, 0.3) is 0 Å². The molecule has 0 amide bonds. The highest BCUT2D eigenvalue weighted by Gasteiger charge is 2.35. The first-order chi connectivity index (χ1) is 6.70. The van der Waals surface area contributed by atoms with Gasteiger partial charge in [0.1, 0.15) is 6.10 Å². The van der Waals surface area contributed by atoms with E-state index in [1.165, 1.54) is 0 Å². The van der Waals surface area contributed by atoms with Gasteiger partial charge in [0, 0.05) is 11.5 Å². The van der Waals surface area contributed by atoms with E-state index in [4.69, 9.17) is 4.74 Å². The van der Waals surface area contributed by atoms with Crippen LogP contribution in [0.1, 0.15) is 18.6 Å². The van der Waals surface area contributed by atoms with E-state index in [0.717, 1.165) is 5.56 Å². The number of hydrogen-bond donors (Lipinski definition) is 0. The molecule has 2 atom stereocenters. The molecule has 1 aromatic rings. The third kappa shape index (κ3) is 1.33. The third-order valence-corrected chi connectivity index (χ3v) is 2.63. The molecule has 0 N–H and O–H groups in total. The minimum Gasteiger partial charge on any atom is -0.453 e. The molecule has 1 heterocycles. The van der Waals surface area contributed by atoms with Gasteiger partial charge in [-0.3, -0.25) is 0 Å². The molecule has 1 fully saturated rings. The molecular formula is C12H12O2. The number of carbonyl (C=O) groups excluding carboxylic acids is 1. The Hall–Kier alpha value is -1.57. The van der Waals surface area contributed by atoms with E-state index in [1.807, 2.05) is 37.3 Å². The second-order valence-electron chi connectivity index (χ2n) is 3.55. The van der Waals surface area contributed by atoms with Gasteiger partial charge in [0.05, 0.1) is 0 Å². The highest BCUT2D eigenvalue weighted by atomic mass is 16.6. The number of hydrogen-bond acceptors (Lipinski definition) is 2. The van der Waals surface area contributed by atoms with Gasteiger partial charge in [-0.15, -0.1) is 0 Å². The van der Waals surface area contributed by atoms with E-state index >= 15 is 0 Å². The molecule has 0 saturated carbocycles. The first-order valence-electron chi connectivity index (χ1n) is 4.65. The van der Waals surface area contributed by atoms with Crippen molar-refractivity contribution in [3.8, 4) is 0 Å². The van der Waals surface area contributed by atoms with Crippen LogP contribution in [0.5, 0.6) is 0 Å². The summed E-state index contributed by atoms with van der Waals surface area (Å²) >= 11 is 0. The van der Waals surface area contributed by atoms with E-state index in [9.17, 15) is 4.79 Å². The standard InChI is InChI=1S/C12H12O2/c1-8-9(2)12(13)14-11(8)10-6-4-3-5-7-10/h3-8,11H,2H2,1H3. The van der Waals surface area contributed by atoms with Gasteiger partial charge >= 0.3 is 5.97 Å². The average Bonchev–Trinajstić information content (AvgIpc) is 2.47. The summed E-state index contributed by atoms with van der Waals surface area (Å²) in [5.41, 5.74) is 1.60. The maximum absolute atomic E-state index is 11.2. The van der Waals surface area contributed by atoms with Crippen LogP contribution in [0.2, 0.25) is 0 Å². The maximum Gasteiger partial charge on any atom is 0.334 e. The zero-order chi connectivity index (χ0) is 10.1. The van der Waals surface area contributed by atoms with Crippen molar-refractivity contribution in [2.75, 3.05) is 0 Å². The number of esters is 1. The molecule has 2 unspecified atom stereocenters. The Morgan fingerprint density at radius 1 is 1.29 bits per heavy atom. The Bertz CT molecular complexity index is 367. The summed E-state index contributed by atoms with van der Waals surface area (Å²) in [5.74, 6) is -0.198. The van der Waals surface area contributed by atoms with Crippen molar-refractivity contribution in [2.24, 2.45) is 5.92 Å². The molecule has 1 saturated heterocycles. The minimum absolute atomic E-state index is 0.0740. The van der Waals surface area contributed by atoms with Gasteiger partial charge in [0.2, 0.25) is 0 Å². The first-order valence-corrected chi connectivity index (χ1v) is 4.65. The second-order valence-corrected chi connectivity index (χ2v) is 3.55. The van der Waals surface area contributed by atoms with E-state index in [-0.39, 0.29) is 18.0 Å². The Morgan fingerprint density at radius 2 is 1.93 bits per heavy atom. The molecule has 0 spiro atoms.